The van der Waals surface area contributed by atoms with E-state index in [1.165, 1.54) is 33.9 Å². The number of aryl methyl sites for hydroxylation is 4. The van der Waals surface area contributed by atoms with E-state index >= 15 is 0 Å². The summed E-state index contributed by atoms with van der Waals surface area (Å²) in [6.07, 6.45) is 0. The first-order valence-electron chi connectivity index (χ1n) is 10.5. The Bertz CT molecular complexity index is 941. The van der Waals surface area contributed by atoms with Crippen molar-refractivity contribution >= 4 is 0 Å². The van der Waals surface area contributed by atoms with Crippen molar-refractivity contribution in [3.05, 3.63) is 131 Å². The molecule has 2 heteroatoms. The average molecular weight is 397 g/mol. The summed E-state index contributed by atoms with van der Waals surface area (Å²) in [6, 6.07) is 33.9. The number of hydrogen-bond acceptors (Lipinski definition) is 0. The van der Waals surface area contributed by atoms with Gasteiger partial charge >= 0.3 is 0 Å². The van der Waals surface area contributed by atoms with Crippen LogP contribution in [0.3, 0.4) is 0 Å². The highest BCUT2D eigenvalue weighted by atomic mass is 15.0. The van der Waals surface area contributed by atoms with E-state index in [2.05, 4.69) is 134 Å². The molecule has 0 amide bonds. The second-order valence-corrected chi connectivity index (χ2v) is 7.76. The maximum absolute atomic E-state index is 2.33. The highest BCUT2D eigenvalue weighted by Crippen LogP contribution is 2.02. The highest BCUT2D eigenvalue weighted by molar-refractivity contribution is 5.14. The summed E-state index contributed by atoms with van der Waals surface area (Å²) in [7, 11) is 0. The molecule has 0 fully saturated rings. The molecule has 0 aliphatic heterocycles. The van der Waals surface area contributed by atoms with Crippen LogP contribution in [0, 0.1) is 27.7 Å². The minimum atomic E-state index is 0.958. The van der Waals surface area contributed by atoms with Gasteiger partial charge in [-0.3, -0.25) is 0 Å². The number of pyridine rings is 2. The fourth-order valence-corrected chi connectivity index (χ4v) is 3.60. The van der Waals surface area contributed by atoms with Gasteiger partial charge in [-0.15, -0.1) is 0 Å². The number of hydrogen-bond donors (Lipinski definition) is 0. The molecule has 2 aromatic heterocycles. The van der Waals surface area contributed by atoms with Gasteiger partial charge in [0.1, 0.15) is 0 Å². The van der Waals surface area contributed by atoms with Crippen molar-refractivity contribution < 1.29 is 9.13 Å². The Hall–Kier alpha value is -3.26. The molecule has 0 aliphatic carbocycles. The van der Waals surface area contributed by atoms with Gasteiger partial charge in [0.15, 0.2) is 35.9 Å². The summed E-state index contributed by atoms with van der Waals surface area (Å²) < 4.78 is 4.66. The molecule has 0 radical (unpaired) electrons. The van der Waals surface area contributed by atoms with Gasteiger partial charge in [-0.25, -0.2) is 0 Å². The van der Waals surface area contributed by atoms with E-state index in [0.717, 1.165) is 13.1 Å². The van der Waals surface area contributed by atoms with Crippen LogP contribution in [-0.4, -0.2) is 0 Å². The molecule has 0 atom stereocenters. The molecule has 0 saturated heterocycles. The van der Waals surface area contributed by atoms with Crippen molar-refractivity contribution in [3.63, 3.8) is 0 Å². The van der Waals surface area contributed by atoms with Crippen molar-refractivity contribution in [1.29, 1.82) is 0 Å². The minimum absolute atomic E-state index is 0.958. The molecule has 2 heterocycles. The minimum Gasteiger partial charge on any atom is -0.196 e. The van der Waals surface area contributed by atoms with Crippen LogP contribution in [0.1, 0.15) is 33.9 Å². The number of nitrogens with zero attached hydrogens (tertiary/aromatic N) is 2. The Morgan fingerprint density at radius 1 is 0.400 bits per heavy atom. The lowest BCUT2D eigenvalue weighted by Gasteiger charge is -2.03. The van der Waals surface area contributed by atoms with E-state index in [-0.39, 0.29) is 0 Å². The van der Waals surface area contributed by atoms with E-state index < -0.39 is 0 Å². The maximum Gasteiger partial charge on any atom is 0.178 e. The molecule has 0 aliphatic rings. The average Bonchev–Trinajstić information content (AvgIpc) is 2.76. The summed E-state index contributed by atoms with van der Waals surface area (Å²) in [5.74, 6) is 0. The molecule has 2 aromatic carbocycles. The monoisotopic (exact) mass is 396 g/mol. The van der Waals surface area contributed by atoms with Crippen LogP contribution in [0.5, 0.6) is 0 Å². The molecule has 0 saturated carbocycles. The normalized spacial score (nSPS) is 10.3. The van der Waals surface area contributed by atoms with Gasteiger partial charge < -0.3 is 0 Å². The lowest BCUT2D eigenvalue weighted by Crippen LogP contribution is -2.40. The molecule has 0 N–H and O–H groups in total. The van der Waals surface area contributed by atoms with E-state index in [0.29, 0.717) is 0 Å². The molecule has 4 aromatic rings. The van der Waals surface area contributed by atoms with E-state index in [4.69, 9.17) is 0 Å². The zero-order chi connectivity index (χ0) is 21.3. The summed E-state index contributed by atoms with van der Waals surface area (Å²) in [6.45, 7) is 10.5. The lowest BCUT2D eigenvalue weighted by molar-refractivity contribution is -0.700. The fraction of sp³-hybridized carbons (Fsp3) is 0.214. The summed E-state index contributed by atoms with van der Waals surface area (Å²) in [5, 5.41) is 0. The summed E-state index contributed by atoms with van der Waals surface area (Å²) in [5.41, 5.74) is 7.91. The number of rotatable bonds is 4. The first-order valence-corrected chi connectivity index (χ1v) is 10.5. The Morgan fingerprint density at radius 2 is 0.700 bits per heavy atom. The van der Waals surface area contributed by atoms with Crippen molar-refractivity contribution in [2.45, 2.75) is 40.8 Å². The van der Waals surface area contributed by atoms with E-state index in [1.54, 1.807) is 0 Å². The highest BCUT2D eigenvalue weighted by Gasteiger charge is 2.10. The van der Waals surface area contributed by atoms with Gasteiger partial charge in [0.2, 0.25) is 0 Å². The van der Waals surface area contributed by atoms with Crippen LogP contribution in [0.25, 0.3) is 0 Å². The second-order valence-electron chi connectivity index (χ2n) is 7.76. The first kappa shape index (κ1) is 21.4. The van der Waals surface area contributed by atoms with Gasteiger partial charge in [-0.1, -0.05) is 60.7 Å². The Labute approximate surface area is 181 Å². The lowest BCUT2D eigenvalue weighted by atomic mass is 10.2. The smallest absolute Gasteiger partial charge is 0.178 e. The van der Waals surface area contributed by atoms with Gasteiger partial charge in [0.05, 0.1) is 0 Å². The van der Waals surface area contributed by atoms with Gasteiger partial charge in [-0.05, 0) is 12.1 Å². The van der Waals surface area contributed by atoms with Crippen LogP contribution in [0.2, 0.25) is 0 Å². The molecular formula is C28H32N2+2. The molecule has 30 heavy (non-hydrogen) atoms. The molecule has 2 nitrogen and oxygen atoms in total. The summed E-state index contributed by atoms with van der Waals surface area (Å²) >= 11 is 0. The predicted octanol–water partition coefficient (Wildman–Crippen LogP) is 5.28. The molecule has 0 unspecified atom stereocenters. The van der Waals surface area contributed by atoms with Crippen molar-refractivity contribution in [2.75, 3.05) is 0 Å². The van der Waals surface area contributed by atoms with Crippen LogP contribution in [-0.2, 0) is 13.1 Å². The molecule has 0 spiro atoms. The Balaban J connectivity index is 0.000000171. The second kappa shape index (κ2) is 10.5. The van der Waals surface area contributed by atoms with Gasteiger partial charge in [0.25, 0.3) is 0 Å². The van der Waals surface area contributed by atoms with Crippen molar-refractivity contribution in [3.8, 4) is 0 Å². The topological polar surface area (TPSA) is 7.76 Å². The first-order chi connectivity index (χ1) is 14.5. The zero-order valence-corrected chi connectivity index (χ0v) is 18.5. The maximum atomic E-state index is 2.33. The van der Waals surface area contributed by atoms with Crippen LogP contribution >= 0.6 is 0 Å². The van der Waals surface area contributed by atoms with E-state index in [9.17, 15) is 0 Å². The van der Waals surface area contributed by atoms with Crippen LogP contribution in [0.4, 0.5) is 0 Å². The quantitative estimate of drug-likeness (QED) is 0.415. The van der Waals surface area contributed by atoms with Crippen LogP contribution < -0.4 is 9.13 Å². The fourth-order valence-electron chi connectivity index (χ4n) is 3.60. The zero-order valence-electron chi connectivity index (χ0n) is 18.5. The third-order valence-corrected chi connectivity index (χ3v) is 5.42. The number of benzene rings is 2. The van der Waals surface area contributed by atoms with Crippen molar-refractivity contribution in [2.24, 2.45) is 0 Å². The third-order valence-electron chi connectivity index (χ3n) is 5.42. The number of aromatic nitrogens is 2. The molecule has 0 bridgehead atoms. The largest absolute Gasteiger partial charge is 0.196 e. The van der Waals surface area contributed by atoms with Crippen molar-refractivity contribution in [1.82, 2.24) is 0 Å². The van der Waals surface area contributed by atoms with Gasteiger partial charge in [0, 0.05) is 63.1 Å². The predicted molar refractivity (Wildman–Crippen MR) is 123 cm³/mol. The standard InChI is InChI=1S/2C14H16N/c2*1-12-7-6-8-13(2)15(12)11-14-9-4-3-5-10-14/h2*3-10H,11H2,1-2H3/q2*+1. The SMILES string of the molecule is Cc1cccc(C)[n+]1Cc1ccccc1.Cc1cccc(C)[n+]1Cc1ccccc1. The Morgan fingerprint density at radius 3 is 1.00 bits per heavy atom. The molecule has 152 valence electrons. The third kappa shape index (κ3) is 5.87. The van der Waals surface area contributed by atoms with Gasteiger partial charge in [-0.2, -0.15) is 9.13 Å². The van der Waals surface area contributed by atoms with E-state index in [1.807, 2.05) is 0 Å². The van der Waals surface area contributed by atoms with Crippen LogP contribution in [0.15, 0.2) is 97.1 Å². The molecular weight excluding hydrogens is 364 g/mol. The summed E-state index contributed by atoms with van der Waals surface area (Å²) in [4.78, 5) is 0. The Kier molecular flexibility index (Phi) is 7.51. The molecule has 4 rings (SSSR count).